The summed E-state index contributed by atoms with van der Waals surface area (Å²) in [5.74, 6) is 0.964. The van der Waals surface area contributed by atoms with Crippen LogP contribution in [-0.4, -0.2) is 10.1 Å². The van der Waals surface area contributed by atoms with E-state index in [9.17, 15) is 4.39 Å². The molecule has 0 spiro atoms. The maximum Gasteiger partial charge on any atom is 0.237 e. The summed E-state index contributed by atoms with van der Waals surface area (Å²) in [4.78, 5) is 4.91. The normalized spacial score (nSPS) is 11.8. The summed E-state index contributed by atoms with van der Waals surface area (Å²) in [7, 11) is 0. The Morgan fingerprint density at radius 1 is 1.37 bits per heavy atom. The number of aromatic nitrogens is 2. The van der Waals surface area contributed by atoms with Gasteiger partial charge >= 0.3 is 0 Å². The van der Waals surface area contributed by atoms with E-state index in [1.807, 2.05) is 0 Å². The largest absolute Gasteiger partial charge is 0.399 e. The molecule has 1 aromatic carbocycles. The van der Waals surface area contributed by atoms with Gasteiger partial charge in [0.05, 0.1) is 11.3 Å². The number of halogens is 1. The van der Waals surface area contributed by atoms with Gasteiger partial charge in [-0.05, 0) is 32.0 Å². The van der Waals surface area contributed by atoms with E-state index in [-0.39, 0.29) is 5.82 Å². The lowest BCUT2D eigenvalue weighted by Gasteiger charge is -2.11. The van der Waals surface area contributed by atoms with Gasteiger partial charge < -0.3 is 16.0 Å². The van der Waals surface area contributed by atoms with E-state index in [0.717, 1.165) is 0 Å². The monoisotopic (exact) mass is 282 g/mol. The molecular formula is C12H15FN4OS. The Labute approximate surface area is 114 Å². The van der Waals surface area contributed by atoms with Crippen LogP contribution in [0.3, 0.4) is 0 Å². The maximum absolute atomic E-state index is 13.2. The lowest BCUT2D eigenvalue weighted by Crippen LogP contribution is -2.30. The highest BCUT2D eigenvalue weighted by Crippen LogP contribution is 2.25. The van der Waals surface area contributed by atoms with Crippen molar-refractivity contribution < 1.29 is 8.91 Å². The number of benzene rings is 1. The first kappa shape index (κ1) is 13.8. The van der Waals surface area contributed by atoms with Crippen LogP contribution >= 0.6 is 11.8 Å². The summed E-state index contributed by atoms with van der Waals surface area (Å²) in [6.07, 6.45) is 0. The number of hydrogen-bond acceptors (Lipinski definition) is 6. The summed E-state index contributed by atoms with van der Waals surface area (Å²) >= 11 is 1.37. The van der Waals surface area contributed by atoms with Crippen molar-refractivity contribution in [3.63, 3.8) is 0 Å². The highest BCUT2D eigenvalue weighted by molar-refractivity contribution is 7.98. The second-order valence-corrected chi connectivity index (χ2v) is 5.79. The van der Waals surface area contributed by atoms with Gasteiger partial charge in [-0.25, -0.2) is 4.39 Å². The minimum Gasteiger partial charge on any atom is -0.399 e. The third kappa shape index (κ3) is 3.68. The van der Waals surface area contributed by atoms with Crippen LogP contribution in [0, 0.1) is 5.82 Å². The van der Waals surface area contributed by atoms with E-state index >= 15 is 0 Å². The van der Waals surface area contributed by atoms with Gasteiger partial charge in [-0.15, -0.1) is 11.8 Å². The van der Waals surface area contributed by atoms with Crippen molar-refractivity contribution in [3.05, 3.63) is 35.7 Å². The first-order valence-corrected chi connectivity index (χ1v) is 6.64. The zero-order valence-corrected chi connectivity index (χ0v) is 11.5. The average molecular weight is 282 g/mol. The highest BCUT2D eigenvalue weighted by Gasteiger charge is 2.21. The van der Waals surface area contributed by atoms with Crippen LogP contribution in [0.2, 0.25) is 0 Å². The van der Waals surface area contributed by atoms with E-state index in [4.69, 9.17) is 16.0 Å². The standard InChI is InChI=1S/C12H15FN4OS/c1-12(2,15)11-16-10(18-17-11)6-19-9-4-7(13)3-8(14)5-9/h3-5H,6,14-15H2,1-2H3. The van der Waals surface area contributed by atoms with Crippen molar-refractivity contribution in [1.29, 1.82) is 0 Å². The van der Waals surface area contributed by atoms with Gasteiger partial charge in [-0.1, -0.05) is 5.16 Å². The van der Waals surface area contributed by atoms with Crippen LogP contribution in [0.5, 0.6) is 0 Å². The molecular weight excluding hydrogens is 267 g/mol. The second kappa shape index (κ2) is 5.18. The van der Waals surface area contributed by atoms with Crippen molar-refractivity contribution in [3.8, 4) is 0 Å². The van der Waals surface area contributed by atoms with Gasteiger partial charge in [0, 0.05) is 10.6 Å². The number of anilines is 1. The first-order chi connectivity index (χ1) is 8.84. The van der Waals surface area contributed by atoms with Crippen LogP contribution in [-0.2, 0) is 11.3 Å². The molecule has 0 atom stereocenters. The third-order valence-corrected chi connectivity index (χ3v) is 3.26. The van der Waals surface area contributed by atoms with Crippen LogP contribution in [0.25, 0.3) is 0 Å². The number of thioether (sulfide) groups is 1. The fraction of sp³-hybridized carbons (Fsp3) is 0.333. The summed E-state index contributed by atoms with van der Waals surface area (Å²) < 4.78 is 18.2. The van der Waals surface area contributed by atoms with Crippen molar-refractivity contribution in [2.45, 2.75) is 30.0 Å². The maximum atomic E-state index is 13.2. The number of nitrogens with two attached hydrogens (primary N) is 2. The topological polar surface area (TPSA) is 91.0 Å². The summed E-state index contributed by atoms with van der Waals surface area (Å²) in [6.45, 7) is 3.59. The van der Waals surface area contributed by atoms with Gasteiger partial charge in [0.25, 0.3) is 0 Å². The minimum absolute atomic E-state index is 0.364. The van der Waals surface area contributed by atoms with Crippen molar-refractivity contribution in [1.82, 2.24) is 10.1 Å². The number of nitrogens with zero attached hydrogens (tertiary/aromatic N) is 2. The molecule has 2 rings (SSSR count). The van der Waals surface area contributed by atoms with E-state index in [0.29, 0.717) is 28.1 Å². The van der Waals surface area contributed by atoms with E-state index in [2.05, 4.69) is 10.1 Å². The zero-order valence-electron chi connectivity index (χ0n) is 10.7. The lowest BCUT2D eigenvalue weighted by molar-refractivity contribution is 0.370. The second-order valence-electron chi connectivity index (χ2n) is 4.74. The molecule has 0 fully saturated rings. The molecule has 5 nitrogen and oxygen atoms in total. The van der Waals surface area contributed by atoms with Gasteiger partial charge in [0.15, 0.2) is 5.82 Å². The molecule has 2 aromatic rings. The molecule has 0 radical (unpaired) electrons. The Bertz CT molecular complexity index is 559. The van der Waals surface area contributed by atoms with Gasteiger partial charge in [0.1, 0.15) is 5.82 Å². The fourth-order valence-corrected chi connectivity index (χ4v) is 2.21. The van der Waals surface area contributed by atoms with E-state index < -0.39 is 5.54 Å². The van der Waals surface area contributed by atoms with Crippen molar-refractivity contribution in [2.24, 2.45) is 5.73 Å². The lowest BCUT2D eigenvalue weighted by atomic mass is 10.1. The molecule has 0 amide bonds. The Morgan fingerprint density at radius 2 is 2.11 bits per heavy atom. The quantitative estimate of drug-likeness (QED) is 0.660. The Morgan fingerprint density at radius 3 is 2.68 bits per heavy atom. The van der Waals surface area contributed by atoms with E-state index in [1.54, 1.807) is 19.9 Å². The fourth-order valence-electron chi connectivity index (χ4n) is 1.39. The summed E-state index contributed by atoms with van der Waals surface area (Å²) in [5, 5.41) is 3.81. The molecule has 1 heterocycles. The molecule has 0 saturated heterocycles. The van der Waals surface area contributed by atoms with Crippen LogP contribution in [0.4, 0.5) is 10.1 Å². The number of hydrogen-bond donors (Lipinski definition) is 2. The highest BCUT2D eigenvalue weighted by atomic mass is 32.2. The molecule has 19 heavy (non-hydrogen) atoms. The molecule has 0 unspecified atom stereocenters. The minimum atomic E-state index is -0.643. The molecule has 0 aliphatic rings. The summed E-state index contributed by atoms with van der Waals surface area (Å²) in [5.41, 5.74) is 11.2. The molecule has 0 saturated carbocycles. The smallest absolute Gasteiger partial charge is 0.237 e. The Kier molecular flexibility index (Phi) is 3.77. The predicted molar refractivity (Wildman–Crippen MR) is 71.9 cm³/mol. The SMILES string of the molecule is CC(C)(N)c1noc(CSc2cc(N)cc(F)c2)n1. The van der Waals surface area contributed by atoms with Crippen molar-refractivity contribution >= 4 is 17.4 Å². The molecule has 0 aliphatic heterocycles. The molecule has 0 bridgehead atoms. The average Bonchev–Trinajstić information content (AvgIpc) is 2.73. The summed E-state index contributed by atoms with van der Waals surface area (Å²) in [6, 6.07) is 4.37. The third-order valence-electron chi connectivity index (χ3n) is 2.30. The predicted octanol–water partition coefficient (Wildman–Crippen LogP) is 2.28. The molecule has 4 N–H and O–H groups in total. The molecule has 7 heteroatoms. The van der Waals surface area contributed by atoms with Crippen LogP contribution in [0.1, 0.15) is 25.6 Å². The molecule has 102 valence electrons. The van der Waals surface area contributed by atoms with Gasteiger partial charge in [-0.3, -0.25) is 0 Å². The van der Waals surface area contributed by atoms with Crippen LogP contribution in [0.15, 0.2) is 27.6 Å². The Hall–Kier alpha value is -1.60. The molecule has 1 aromatic heterocycles. The van der Waals surface area contributed by atoms with Gasteiger partial charge in [0.2, 0.25) is 5.89 Å². The molecule has 0 aliphatic carbocycles. The first-order valence-electron chi connectivity index (χ1n) is 5.65. The Balaban J connectivity index is 2.04. The van der Waals surface area contributed by atoms with Gasteiger partial charge in [-0.2, -0.15) is 4.98 Å². The van der Waals surface area contributed by atoms with Crippen LogP contribution < -0.4 is 11.5 Å². The number of nitrogen functional groups attached to an aromatic ring is 1. The van der Waals surface area contributed by atoms with Crippen molar-refractivity contribution in [2.75, 3.05) is 5.73 Å². The number of rotatable bonds is 4. The van der Waals surface area contributed by atoms with E-state index in [1.165, 1.54) is 23.9 Å². The zero-order chi connectivity index (χ0) is 14.0.